The second-order valence-corrected chi connectivity index (χ2v) is 5.36. The number of nitrogens with two attached hydrogens (primary N) is 1. The van der Waals surface area contributed by atoms with E-state index in [-0.39, 0.29) is 5.54 Å². The molecule has 4 nitrogen and oxygen atoms in total. The van der Waals surface area contributed by atoms with E-state index in [1.54, 1.807) is 18.2 Å². The number of rotatable bonds is 1. The van der Waals surface area contributed by atoms with Crippen molar-refractivity contribution in [2.75, 3.05) is 5.73 Å². The molecule has 1 aromatic rings. The topological polar surface area (TPSA) is 64.3 Å². The molecule has 0 aliphatic heterocycles. The minimum atomic E-state index is -0.512. The third-order valence-corrected chi connectivity index (χ3v) is 2.14. The van der Waals surface area contributed by atoms with Crippen LogP contribution < -0.4 is 15.8 Å². The van der Waals surface area contributed by atoms with Gasteiger partial charge in [0, 0.05) is 10.0 Å². The van der Waals surface area contributed by atoms with E-state index in [0.717, 1.165) is 4.47 Å². The lowest BCUT2D eigenvalue weighted by atomic mass is 10.1. The SMILES string of the molecule is CC(C)(C)NC(=O)Oc1ccc(Br)cc1N. The van der Waals surface area contributed by atoms with Crippen molar-refractivity contribution >= 4 is 27.7 Å². The summed E-state index contributed by atoms with van der Waals surface area (Å²) in [7, 11) is 0. The Kier molecular flexibility index (Phi) is 3.80. The molecular weight excluding hydrogens is 272 g/mol. The van der Waals surface area contributed by atoms with E-state index in [9.17, 15) is 4.79 Å². The molecular formula is C11H15BrN2O2. The highest BCUT2D eigenvalue weighted by Gasteiger charge is 2.16. The van der Waals surface area contributed by atoms with Crippen LogP contribution in [0.5, 0.6) is 5.75 Å². The smallest absolute Gasteiger partial charge is 0.408 e. The first-order chi connectivity index (χ1) is 7.28. The van der Waals surface area contributed by atoms with Crippen LogP contribution in [0.2, 0.25) is 0 Å². The average molecular weight is 287 g/mol. The Balaban J connectivity index is 2.70. The molecule has 0 unspecified atom stereocenters. The van der Waals surface area contributed by atoms with Gasteiger partial charge in [0.25, 0.3) is 0 Å². The fourth-order valence-corrected chi connectivity index (χ4v) is 1.42. The second kappa shape index (κ2) is 4.74. The van der Waals surface area contributed by atoms with E-state index in [0.29, 0.717) is 11.4 Å². The van der Waals surface area contributed by atoms with E-state index in [2.05, 4.69) is 21.2 Å². The first kappa shape index (κ1) is 12.8. The quantitative estimate of drug-likeness (QED) is 0.780. The Morgan fingerprint density at radius 2 is 2.06 bits per heavy atom. The molecule has 1 amide bonds. The normalized spacial score (nSPS) is 11.0. The second-order valence-electron chi connectivity index (χ2n) is 4.45. The molecule has 1 aromatic carbocycles. The van der Waals surface area contributed by atoms with Crippen molar-refractivity contribution in [3.63, 3.8) is 0 Å². The van der Waals surface area contributed by atoms with E-state index in [1.165, 1.54) is 0 Å². The van der Waals surface area contributed by atoms with Gasteiger partial charge in [-0.3, -0.25) is 0 Å². The van der Waals surface area contributed by atoms with E-state index in [1.807, 2.05) is 20.8 Å². The zero-order chi connectivity index (χ0) is 12.3. The van der Waals surface area contributed by atoms with Crippen molar-refractivity contribution in [2.24, 2.45) is 0 Å². The number of hydrogen-bond donors (Lipinski definition) is 2. The summed E-state index contributed by atoms with van der Waals surface area (Å²) in [5.74, 6) is 0.352. The van der Waals surface area contributed by atoms with Gasteiger partial charge in [-0.1, -0.05) is 15.9 Å². The Hall–Kier alpha value is -1.23. The van der Waals surface area contributed by atoms with Crippen molar-refractivity contribution in [3.05, 3.63) is 22.7 Å². The van der Waals surface area contributed by atoms with E-state index < -0.39 is 6.09 Å². The number of ether oxygens (including phenoxy) is 1. The summed E-state index contributed by atoms with van der Waals surface area (Å²) < 4.78 is 5.92. The van der Waals surface area contributed by atoms with E-state index in [4.69, 9.17) is 10.5 Å². The molecule has 88 valence electrons. The van der Waals surface area contributed by atoms with Crippen LogP contribution in [0.25, 0.3) is 0 Å². The van der Waals surface area contributed by atoms with Crippen LogP contribution in [-0.4, -0.2) is 11.6 Å². The van der Waals surface area contributed by atoms with Crippen molar-refractivity contribution in [3.8, 4) is 5.75 Å². The lowest BCUT2D eigenvalue weighted by Gasteiger charge is -2.20. The Bertz CT molecular complexity index is 399. The first-order valence-corrected chi connectivity index (χ1v) is 5.62. The highest BCUT2D eigenvalue weighted by molar-refractivity contribution is 9.10. The summed E-state index contributed by atoms with van der Waals surface area (Å²) in [5.41, 5.74) is 5.78. The third-order valence-electron chi connectivity index (χ3n) is 1.65. The van der Waals surface area contributed by atoms with Crippen LogP contribution >= 0.6 is 15.9 Å². The summed E-state index contributed by atoms with van der Waals surface area (Å²) in [6.07, 6.45) is -0.512. The highest BCUT2D eigenvalue weighted by atomic mass is 79.9. The van der Waals surface area contributed by atoms with Gasteiger partial charge in [-0.2, -0.15) is 0 Å². The van der Waals surface area contributed by atoms with Crippen LogP contribution in [0.3, 0.4) is 0 Å². The number of benzene rings is 1. The van der Waals surface area contributed by atoms with Gasteiger partial charge >= 0.3 is 6.09 Å². The molecule has 0 saturated carbocycles. The molecule has 0 bridgehead atoms. The summed E-state index contributed by atoms with van der Waals surface area (Å²) >= 11 is 3.28. The number of carbonyl (C=O) groups excluding carboxylic acids is 1. The van der Waals surface area contributed by atoms with Gasteiger partial charge in [0.15, 0.2) is 5.75 Å². The van der Waals surface area contributed by atoms with Crippen molar-refractivity contribution in [1.82, 2.24) is 5.32 Å². The van der Waals surface area contributed by atoms with Gasteiger partial charge in [-0.15, -0.1) is 0 Å². The van der Waals surface area contributed by atoms with Gasteiger partial charge in [0.2, 0.25) is 0 Å². The third kappa shape index (κ3) is 4.10. The predicted molar refractivity (Wildman–Crippen MR) is 67.5 cm³/mol. The lowest BCUT2D eigenvalue weighted by molar-refractivity contribution is 0.191. The number of anilines is 1. The zero-order valence-electron chi connectivity index (χ0n) is 9.50. The van der Waals surface area contributed by atoms with Gasteiger partial charge in [0.1, 0.15) is 0 Å². The summed E-state index contributed by atoms with van der Waals surface area (Å²) in [4.78, 5) is 11.5. The Morgan fingerprint density at radius 1 is 1.44 bits per heavy atom. The van der Waals surface area contributed by atoms with Crippen LogP contribution in [0, 0.1) is 0 Å². The monoisotopic (exact) mass is 286 g/mol. The van der Waals surface area contributed by atoms with Gasteiger partial charge in [-0.25, -0.2) is 4.79 Å². The fraction of sp³-hybridized carbons (Fsp3) is 0.364. The van der Waals surface area contributed by atoms with Crippen LogP contribution in [0.4, 0.5) is 10.5 Å². The summed E-state index contributed by atoms with van der Waals surface area (Å²) in [5, 5.41) is 2.68. The van der Waals surface area contributed by atoms with E-state index >= 15 is 0 Å². The molecule has 0 aliphatic rings. The number of carbonyl (C=O) groups is 1. The number of hydrogen-bond acceptors (Lipinski definition) is 3. The van der Waals surface area contributed by atoms with Crippen LogP contribution in [-0.2, 0) is 0 Å². The maximum atomic E-state index is 11.5. The number of nitrogen functional groups attached to an aromatic ring is 1. The van der Waals surface area contributed by atoms with Gasteiger partial charge in [-0.05, 0) is 39.0 Å². The summed E-state index contributed by atoms with van der Waals surface area (Å²) in [6.45, 7) is 5.62. The summed E-state index contributed by atoms with van der Waals surface area (Å²) in [6, 6.07) is 5.08. The van der Waals surface area contributed by atoms with Crippen LogP contribution in [0.15, 0.2) is 22.7 Å². The minimum Gasteiger partial charge on any atom is -0.408 e. The largest absolute Gasteiger partial charge is 0.413 e. The molecule has 0 heterocycles. The standard InChI is InChI=1S/C11H15BrN2O2/c1-11(2,3)14-10(15)16-9-5-4-7(12)6-8(9)13/h4-6H,13H2,1-3H3,(H,14,15). The molecule has 0 atom stereocenters. The fourth-order valence-electron chi connectivity index (χ4n) is 1.04. The molecule has 5 heteroatoms. The maximum absolute atomic E-state index is 11.5. The predicted octanol–water partition coefficient (Wildman–Crippen LogP) is 2.92. The molecule has 0 fully saturated rings. The molecule has 0 spiro atoms. The Morgan fingerprint density at radius 3 is 2.56 bits per heavy atom. The molecule has 1 rings (SSSR count). The Labute approximate surface area is 103 Å². The highest BCUT2D eigenvalue weighted by Crippen LogP contribution is 2.25. The van der Waals surface area contributed by atoms with Crippen molar-refractivity contribution in [2.45, 2.75) is 26.3 Å². The molecule has 0 saturated heterocycles. The van der Waals surface area contributed by atoms with Crippen molar-refractivity contribution in [1.29, 1.82) is 0 Å². The number of halogens is 1. The molecule has 0 radical (unpaired) electrons. The zero-order valence-corrected chi connectivity index (χ0v) is 11.1. The maximum Gasteiger partial charge on any atom is 0.413 e. The first-order valence-electron chi connectivity index (χ1n) is 4.83. The molecule has 0 aromatic heterocycles. The minimum absolute atomic E-state index is 0.332. The van der Waals surface area contributed by atoms with Gasteiger partial charge < -0.3 is 15.8 Å². The number of nitrogens with one attached hydrogen (secondary N) is 1. The van der Waals surface area contributed by atoms with Crippen molar-refractivity contribution < 1.29 is 9.53 Å². The molecule has 3 N–H and O–H groups in total. The lowest BCUT2D eigenvalue weighted by Crippen LogP contribution is -2.42. The van der Waals surface area contributed by atoms with Gasteiger partial charge in [0.05, 0.1) is 5.69 Å². The number of amides is 1. The van der Waals surface area contributed by atoms with Crippen LogP contribution in [0.1, 0.15) is 20.8 Å². The average Bonchev–Trinajstić information content (AvgIpc) is 2.06. The molecule has 16 heavy (non-hydrogen) atoms. The molecule has 0 aliphatic carbocycles.